The maximum atomic E-state index is 12.1. The van der Waals surface area contributed by atoms with E-state index in [2.05, 4.69) is 20.8 Å². The van der Waals surface area contributed by atoms with Gasteiger partial charge in [0.05, 0.1) is 19.9 Å². The second-order valence-electron chi connectivity index (χ2n) is 5.27. The average Bonchev–Trinajstić information content (AvgIpc) is 3.21. The molecular weight excluding hydrogens is 334 g/mol. The number of nitrogens with one attached hydrogen (secondary N) is 1. The first kappa shape index (κ1) is 17.2. The predicted molar refractivity (Wildman–Crippen MR) is 96.4 cm³/mol. The molecule has 0 aliphatic rings. The van der Waals surface area contributed by atoms with Crippen molar-refractivity contribution >= 4 is 17.7 Å². The van der Waals surface area contributed by atoms with Crippen molar-refractivity contribution < 1.29 is 14.3 Å². The Hall–Kier alpha value is -3.68. The number of hydrogen-bond donors (Lipinski definition) is 1. The molecule has 3 rings (SSSR count). The Morgan fingerprint density at radius 1 is 1.08 bits per heavy atom. The molecule has 0 aliphatic carbocycles. The molecule has 1 amide bonds. The number of carbonyl (C=O) groups excluding carboxylic acids is 1. The Kier molecular flexibility index (Phi) is 5.23. The minimum Gasteiger partial charge on any atom is -0.497 e. The van der Waals surface area contributed by atoms with Gasteiger partial charge in [0.25, 0.3) is 0 Å². The van der Waals surface area contributed by atoms with E-state index < -0.39 is 0 Å². The summed E-state index contributed by atoms with van der Waals surface area (Å²) < 4.78 is 12.0. The summed E-state index contributed by atoms with van der Waals surface area (Å²) >= 11 is 0. The molecule has 8 heteroatoms. The van der Waals surface area contributed by atoms with E-state index in [1.807, 2.05) is 24.3 Å². The van der Waals surface area contributed by atoms with Crippen molar-refractivity contribution in [2.75, 3.05) is 19.5 Å². The Balaban J connectivity index is 1.66. The highest BCUT2D eigenvalue weighted by Crippen LogP contribution is 2.23. The molecule has 0 saturated heterocycles. The quantitative estimate of drug-likeness (QED) is 0.686. The minimum atomic E-state index is -0.248. The maximum Gasteiger partial charge on any atom is 0.248 e. The highest BCUT2D eigenvalue weighted by atomic mass is 16.5. The number of hydrogen-bond acceptors (Lipinski definition) is 6. The molecule has 0 aliphatic heterocycles. The van der Waals surface area contributed by atoms with Crippen LogP contribution in [0.4, 0.5) is 5.69 Å². The third kappa shape index (κ3) is 4.23. The van der Waals surface area contributed by atoms with Gasteiger partial charge in [-0.2, -0.15) is 0 Å². The Morgan fingerprint density at radius 2 is 1.77 bits per heavy atom. The monoisotopic (exact) mass is 351 g/mol. The lowest BCUT2D eigenvalue weighted by atomic mass is 10.2. The molecule has 0 fully saturated rings. The summed E-state index contributed by atoms with van der Waals surface area (Å²) in [6, 6.07) is 12.6. The molecule has 26 heavy (non-hydrogen) atoms. The van der Waals surface area contributed by atoms with Crippen molar-refractivity contribution in [2.24, 2.45) is 0 Å². The number of nitrogens with zero attached hydrogens (tertiary/aromatic N) is 4. The SMILES string of the molecule is COc1cc(/C=C/C(=O)Nc2ccc(-n3cnnn3)cc2)cc(OC)c1. The Morgan fingerprint density at radius 3 is 2.35 bits per heavy atom. The highest BCUT2D eigenvalue weighted by molar-refractivity contribution is 6.02. The van der Waals surface area contributed by atoms with Crippen LogP contribution in [0.2, 0.25) is 0 Å². The second kappa shape index (κ2) is 7.93. The van der Waals surface area contributed by atoms with Crippen LogP contribution in [-0.2, 0) is 4.79 Å². The van der Waals surface area contributed by atoms with Crippen LogP contribution >= 0.6 is 0 Å². The molecule has 1 N–H and O–H groups in total. The zero-order chi connectivity index (χ0) is 18.4. The third-order valence-corrected chi connectivity index (χ3v) is 3.55. The van der Waals surface area contributed by atoms with E-state index in [-0.39, 0.29) is 5.91 Å². The predicted octanol–water partition coefficient (Wildman–Crippen LogP) is 2.33. The summed E-state index contributed by atoms with van der Waals surface area (Å²) in [6.45, 7) is 0. The van der Waals surface area contributed by atoms with Crippen LogP contribution in [0.25, 0.3) is 11.8 Å². The number of rotatable bonds is 6. The van der Waals surface area contributed by atoms with Gasteiger partial charge in [-0.15, -0.1) is 5.10 Å². The van der Waals surface area contributed by atoms with Crippen molar-refractivity contribution in [2.45, 2.75) is 0 Å². The van der Waals surface area contributed by atoms with Gasteiger partial charge in [-0.25, -0.2) is 4.68 Å². The summed E-state index contributed by atoms with van der Waals surface area (Å²) in [5, 5.41) is 13.8. The van der Waals surface area contributed by atoms with Gasteiger partial charge in [0.1, 0.15) is 17.8 Å². The molecule has 0 atom stereocenters. The molecule has 3 aromatic rings. The fourth-order valence-electron chi connectivity index (χ4n) is 2.26. The largest absolute Gasteiger partial charge is 0.497 e. The van der Waals surface area contributed by atoms with E-state index in [1.165, 1.54) is 17.1 Å². The van der Waals surface area contributed by atoms with E-state index >= 15 is 0 Å². The van der Waals surface area contributed by atoms with Crippen molar-refractivity contribution in [3.05, 3.63) is 60.4 Å². The first-order chi connectivity index (χ1) is 12.7. The number of amides is 1. The standard InChI is InChI=1S/C18H17N5O3/c1-25-16-9-13(10-17(11-16)26-2)3-8-18(24)20-14-4-6-15(7-5-14)23-12-19-21-22-23/h3-12H,1-2H3,(H,20,24)/b8-3+. The number of tetrazole rings is 1. The van der Waals surface area contributed by atoms with Crippen LogP contribution in [0.3, 0.4) is 0 Å². The lowest BCUT2D eigenvalue weighted by Crippen LogP contribution is -2.07. The highest BCUT2D eigenvalue weighted by Gasteiger charge is 2.02. The molecule has 0 bridgehead atoms. The smallest absolute Gasteiger partial charge is 0.248 e. The van der Waals surface area contributed by atoms with E-state index in [1.54, 1.807) is 38.5 Å². The molecule has 2 aromatic carbocycles. The van der Waals surface area contributed by atoms with Gasteiger partial charge < -0.3 is 14.8 Å². The number of ether oxygens (including phenoxy) is 2. The normalized spacial score (nSPS) is 10.7. The minimum absolute atomic E-state index is 0.248. The van der Waals surface area contributed by atoms with Crippen molar-refractivity contribution in [1.29, 1.82) is 0 Å². The van der Waals surface area contributed by atoms with Gasteiger partial charge in [-0.05, 0) is 58.5 Å². The van der Waals surface area contributed by atoms with Gasteiger partial charge in [-0.3, -0.25) is 4.79 Å². The summed E-state index contributed by atoms with van der Waals surface area (Å²) in [7, 11) is 3.15. The van der Waals surface area contributed by atoms with Crippen LogP contribution in [0.5, 0.6) is 11.5 Å². The fourth-order valence-corrected chi connectivity index (χ4v) is 2.26. The topological polar surface area (TPSA) is 91.2 Å². The van der Waals surface area contributed by atoms with Gasteiger partial charge in [0, 0.05) is 17.8 Å². The molecule has 0 spiro atoms. The van der Waals surface area contributed by atoms with Crippen LogP contribution in [0, 0.1) is 0 Å². The van der Waals surface area contributed by atoms with E-state index in [0.29, 0.717) is 17.2 Å². The van der Waals surface area contributed by atoms with Crippen LogP contribution in [-0.4, -0.2) is 40.3 Å². The van der Waals surface area contributed by atoms with E-state index in [4.69, 9.17) is 9.47 Å². The molecular formula is C18H17N5O3. The molecule has 0 saturated carbocycles. The molecule has 0 radical (unpaired) electrons. The first-order valence-electron chi connectivity index (χ1n) is 7.73. The number of aromatic nitrogens is 4. The molecule has 8 nitrogen and oxygen atoms in total. The van der Waals surface area contributed by atoms with Crippen LogP contribution in [0.15, 0.2) is 54.9 Å². The second-order valence-corrected chi connectivity index (χ2v) is 5.27. The average molecular weight is 351 g/mol. The molecule has 1 heterocycles. The number of anilines is 1. The van der Waals surface area contributed by atoms with Crippen molar-refractivity contribution in [3.63, 3.8) is 0 Å². The summed E-state index contributed by atoms with van der Waals surface area (Å²) in [4.78, 5) is 12.1. The van der Waals surface area contributed by atoms with Crippen molar-refractivity contribution in [3.8, 4) is 17.2 Å². The Labute approximate surface area is 150 Å². The lowest BCUT2D eigenvalue weighted by molar-refractivity contribution is -0.111. The van der Waals surface area contributed by atoms with Gasteiger partial charge in [-0.1, -0.05) is 0 Å². The number of methoxy groups -OCH3 is 2. The molecule has 0 unspecified atom stereocenters. The third-order valence-electron chi connectivity index (χ3n) is 3.55. The zero-order valence-electron chi connectivity index (χ0n) is 14.3. The van der Waals surface area contributed by atoms with E-state index in [0.717, 1.165) is 11.3 Å². The van der Waals surface area contributed by atoms with Crippen LogP contribution in [0.1, 0.15) is 5.56 Å². The summed E-state index contributed by atoms with van der Waals surface area (Å²) in [5.74, 6) is 1.06. The first-order valence-corrected chi connectivity index (χ1v) is 7.73. The molecule has 132 valence electrons. The lowest BCUT2D eigenvalue weighted by Gasteiger charge is -2.06. The van der Waals surface area contributed by atoms with Gasteiger partial charge in [0.2, 0.25) is 5.91 Å². The number of carbonyl (C=O) groups is 1. The maximum absolute atomic E-state index is 12.1. The van der Waals surface area contributed by atoms with E-state index in [9.17, 15) is 4.79 Å². The number of benzene rings is 2. The summed E-state index contributed by atoms with van der Waals surface area (Å²) in [5.41, 5.74) is 2.26. The fraction of sp³-hybridized carbons (Fsp3) is 0.111. The molecule has 1 aromatic heterocycles. The van der Waals surface area contributed by atoms with Crippen molar-refractivity contribution in [1.82, 2.24) is 20.2 Å². The summed E-state index contributed by atoms with van der Waals surface area (Å²) in [6.07, 6.45) is 4.64. The van der Waals surface area contributed by atoms with Crippen LogP contribution < -0.4 is 14.8 Å². The van der Waals surface area contributed by atoms with Gasteiger partial charge >= 0.3 is 0 Å². The zero-order valence-corrected chi connectivity index (χ0v) is 14.3. The van der Waals surface area contributed by atoms with Gasteiger partial charge in [0.15, 0.2) is 0 Å². The Bertz CT molecular complexity index is 883.